The Morgan fingerprint density at radius 1 is 0.895 bits per heavy atom. The fraction of sp³-hybridized carbons (Fsp3) is 0.318. The van der Waals surface area contributed by atoms with Gasteiger partial charge in [0.15, 0.2) is 0 Å². The number of likely N-dealkylation sites (tertiary alicyclic amines) is 1. The van der Waals surface area contributed by atoms with Crippen molar-refractivity contribution in [3.63, 3.8) is 0 Å². The van der Waals surface area contributed by atoms with E-state index in [4.69, 9.17) is 0 Å². The minimum Gasteiger partial charge on any atom is -0.359 e. The lowest BCUT2D eigenvalue weighted by atomic mass is 10.1. The highest BCUT2D eigenvalue weighted by atomic mass is 32.2. The molecule has 3 aromatic rings. The van der Waals surface area contributed by atoms with E-state index in [0.717, 1.165) is 12.3 Å². The maximum atomic E-state index is 13.9. The maximum Gasteiger partial charge on any atom is 0.471 e. The van der Waals surface area contributed by atoms with E-state index in [1.165, 1.54) is 30.3 Å². The Kier molecular flexibility index (Phi) is 7.03. The minimum absolute atomic E-state index is 0.219. The number of aromatic amines is 1. The van der Waals surface area contributed by atoms with Crippen LogP contribution in [0, 0.1) is 0 Å². The first-order chi connectivity index (χ1) is 17.5. The Hall–Kier alpha value is -3.11. The Labute approximate surface area is 212 Å². The first kappa shape index (κ1) is 27.9. The van der Waals surface area contributed by atoms with Gasteiger partial charge in [-0.3, -0.25) is 4.79 Å². The monoisotopic (exact) mass is 583 g/mol. The van der Waals surface area contributed by atoms with E-state index in [1.807, 2.05) is 0 Å². The molecule has 1 amide bonds. The molecule has 0 radical (unpaired) electrons. The van der Waals surface area contributed by atoms with Gasteiger partial charge in [0.1, 0.15) is 4.90 Å². The second-order valence-electron chi connectivity index (χ2n) is 8.51. The van der Waals surface area contributed by atoms with Gasteiger partial charge >= 0.3 is 18.3 Å². The largest absolute Gasteiger partial charge is 0.471 e. The number of nitrogens with one attached hydrogen (secondary N) is 2. The number of hydrogen-bond donors (Lipinski definition) is 2. The summed E-state index contributed by atoms with van der Waals surface area (Å²) in [4.78, 5) is 12.6. The number of carbonyl (C=O) groups excluding carboxylic acids is 1. The third kappa shape index (κ3) is 5.24. The topological polar surface area (TPSA) is 116 Å². The fourth-order valence-corrected chi connectivity index (χ4v) is 7.20. The van der Waals surface area contributed by atoms with Gasteiger partial charge in [0.05, 0.1) is 20.9 Å². The molecule has 0 spiro atoms. The number of piperidine rings is 1. The number of alkyl halides is 6. The summed E-state index contributed by atoms with van der Waals surface area (Å²) >= 11 is 0. The minimum atomic E-state index is -5.10. The molecule has 2 heterocycles. The molecule has 0 unspecified atom stereocenters. The van der Waals surface area contributed by atoms with Gasteiger partial charge < -0.3 is 9.88 Å². The number of aromatic nitrogens is 1. The zero-order chi connectivity index (χ0) is 28.1. The summed E-state index contributed by atoms with van der Waals surface area (Å²) in [5.41, 5.74) is -1.97. The molecule has 0 aliphatic carbocycles. The summed E-state index contributed by atoms with van der Waals surface area (Å²) < 4.78 is 134. The highest BCUT2D eigenvalue weighted by molar-refractivity contribution is 7.91. The van der Waals surface area contributed by atoms with Crippen molar-refractivity contribution in [3.8, 4) is 0 Å². The molecule has 38 heavy (non-hydrogen) atoms. The summed E-state index contributed by atoms with van der Waals surface area (Å²) in [6, 6.07) is 7.07. The van der Waals surface area contributed by atoms with Crippen LogP contribution in [0.1, 0.15) is 18.4 Å². The number of rotatable bonds is 5. The zero-order valence-electron chi connectivity index (χ0n) is 19.1. The van der Waals surface area contributed by atoms with Crippen LogP contribution >= 0.6 is 0 Å². The second-order valence-corrected chi connectivity index (χ2v) is 12.1. The predicted molar refractivity (Wildman–Crippen MR) is 121 cm³/mol. The maximum absolute atomic E-state index is 13.9. The zero-order valence-corrected chi connectivity index (χ0v) is 20.7. The highest BCUT2D eigenvalue weighted by Gasteiger charge is 2.44. The summed E-state index contributed by atoms with van der Waals surface area (Å²) in [6.45, 7) is -0.848. The molecular formula is C22H19F6N3O5S2. The lowest BCUT2D eigenvalue weighted by molar-refractivity contribution is -0.186. The summed E-state index contributed by atoms with van der Waals surface area (Å²) in [5, 5.41) is -0.897. The van der Waals surface area contributed by atoms with E-state index in [1.54, 1.807) is 0 Å². The Morgan fingerprint density at radius 3 is 2.05 bits per heavy atom. The van der Waals surface area contributed by atoms with Crippen LogP contribution in [0.2, 0.25) is 0 Å². The van der Waals surface area contributed by atoms with Crippen molar-refractivity contribution < 1.29 is 48.0 Å². The molecule has 1 aliphatic rings. The van der Waals surface area contributed by atoms with Crippen LogP contribution in [-0.2, 0) is 30.8 Å². The number of sulfone groups is 1. The van der Waals surface area contributed by atoms with Crippen molar-refractivity contribution in [3.05, 3.63) is 54.2 Å². The Bertz CT molecular complexity index is 1580. The smallest absolute Gasteiger partial charge is 0.359 e. The van der Waals surface area contributed by atoms with E-state index in [9.17, 15) is 48.0 Å². The van der Waals surface area contributed by atoms with Gasteiger partial charge in [-0.05, 0) is 37.1 Å². The Balaban J connectivity index is 1.72. The molecule has 8 nitrogen and oxygen atoms in total. The summed E-state index contributed by atoms with van der Waals surface area (Å²) in [6.07, 6.45) is -9.86. The van der Waals surface area contributed by atoms with Crippen LogP contribution in [0.3, 0.4) is 0 Å². The number of halogens is 6. The van der Waals surface area contributed by atoms with Crippen molar-refractivity contribution in [1.82, 2.24) is 14.6 Å². The van der Waals surface area contributed by atoms with E-state index in [-0.39, 0.29) is 17.7 Å². The van der Waals surface area contributed by atoms with Gasteiger partial charge in [-0.25, -0.2) is 21.6 Å². The number of fused-ring (bicyclic) bond motifs is 1. The number of benzene rings is 2. The third-order valence-corrected chi connectivity index (χ3v) is 9.40. The first-order valence-electron chi connectivity index (χ1n) is 10.9. The third-order valence-electron chi connectivity index (χ3n) is 6.05. The van der Waals surface area contributed by atoms with Gasteiger partial charge in [0.2, 0.25) is 19.9 Å². The number of amides is 1. The molecule has 1 aromatic heterocycles. The molecule has 1 aliphatic heterocycles. The number of H-pyrrole nitrogens is 1. The van der Waals surface area contributed by atoms with Crippen LogP contribution in [-0.4, -0.2) is 57.9 Å². The molecule has 2 aromatic carbocycles. The average Bonchev–Trinajstić information content (AvgIpc) is 3.28. The predicted octanol–water partition coefficient (Wildman–Crippen LogP) is 3.85. The first-order valence-corrected chi connectivity index (χ1v) is 13.9. The van der Waals surface area contributed by atoms with Crippen LogP contribution in [0.15, 0.2) is 63.3 Å². The molecule has 0 saturated carbocycles. The Morgan fingerprint density at radius 2 is 1.50 bits per heavy atom. The van der Waals surface area contributed by atoms with E-state index < -0.39 is 83.5 Å². The van der Waals surface area contributed by atoms with Gasteiger partial charge in [0, 0.05) is 30.7 Å². The quantitative estimate of drug-likeness (QED) is 0.443. The van der Waals surface area contributed by atoms with E-state index >= 15 is 0 Å². The molecule has 16 heteroatoms. The SMILES string of the molecule is O=C(N1CCC(NS(=O)(=O)c2c[nH]c3c(S(=O)(=O)c4ccccc4)ccc(C(F)(F)F)c23)CC1)C(F)(F)F. The van der Waals surface area contributed by atoms with Gasteiger partial charge in [-0.1, -0.05) is 18.2 Å². The molecular weight excluding hydrogens is 564 g/mol. The number of carbonyl (C=O) groups is 1. The molecule has 0 atom stereocenters. The second kappa shape index (κ2) is 9.57. The van der Waals surface area contributed by atoms with E-state index in [0.29, 0.717) is 11.0 Å². The fourth-order valence-electron chi connectivity index (χ4n) is 4.25. The molecule has 1 saturated heterocycles. The molecule has 206 valence electrons. The van der Waals surface area contributed by atoms with Gasteiger partial charge in [0.25, 0.3) is 0 Å². The van der Waals surface area contributed by atoms with Crippen molar-refractivity contribution in [2.45, 2.75) is 45.9 Å². The van der Waals surface area contributed by atoms with Crippen LogP contribution in [0.4, 0.5) is 26.3 Å². The normalized spacial score (nSPS) is 16.2. The summed E-state index contributed by atoms with van der Waals surface area (Å²) in [7, 11) is -9.08. The van der Waals surface area contributed by atoms with Crippen LogP contribution < -0.4 is 4.72 Å². The van der Waals surface area contributed by atoms with Gasteiger partial charge in [-0.15, -0.1) is 0 Å². The van der Waals surface area contributed by atoms with E-state index in [2.05, 4.69) is 9.71 Å². The van der Waals surface area contributed by atoms with Crippen molar-refractivity contribution in [1.29, 1.82) is 0 Å². The standard InChI is InChI=1S/C22H19F6N3O5S2/c23-21(24,25)15-6-7-16(37(33,34)14-4-2-1-3-5-14)19-18(15)17(12-29-19)38(35,36)30-13-8-10-31(11-9-13)20(32)22(26,27)28/h1-7,12-13,29-30H,8-11H2. The molecule has 0 bridgehead atoms. The van der Waals surface area contributed by atoms with Crippen molar-refractivity contribution in [2.75, 3.05) is 13.1 Å². The van der Waals surface area contributed by atoms with Crippen molar-refractivity contribution in [2.24, 2.45) is 0 Å². The van der Waals surface area contributed by atoms with Crippen LogP contribution in [0.25, 0.3) is 10.9 Å². The lowest BCUT2D eigenvalue weighted by Gasteiger charge is -2.32. The van der Waals surface area contributed by atoms with Gasteiger partial charge in [-0.2, -0.15) is 26.3 Å². The molecule has 2 N–H and O–H groups in total. The number of sulfonamides is 1. The molecule has 4 rings (SSSR count). The summed E-state index contributed by atoms with van der Waals surface area (Å²) in [5.74, 6) is -2.07. The number of nitrogens with zero attached hydrogens (tertiary/aromatic N) is 1. The van der Waals surface area contributed by atoms with Crippen LogP contribution in [0.5, 0.6) is 0 Å². The highest BCUT2D eigenvalue weighted by Crippen LogP contribution is 2.41. The average molecular weight is 584 g/mol. The lowest BCUT2D eigenvalue weighted by Crippen LogP contribution is -2.49. The molecule has 1 fully saturated rings. The number of hydrogen-bond acceptors (Lipinski definition) is 5. The van der Waals surface area contributed by atoms with Crippen molar-refractivity contribution >= 4 is 36.7 Å².